The van der Waals surface area contributed by atoms with E-state index in [-0.39, 0.29) is 11.5 Å². The van der Waals surface area contributed by atoms with Gasteiger partial charge in [0.05, 0.1) is 17.8 Å². The van der Waals surface area contributed by atoms with Crippen LogP contribution in [0.5, 0.6) is 0 Å². The number of aliphatic hydroxyl groups excluding tert-OH is 2. The number of ether oxygens (including phenoxy) is 1. The average Bonchev–Trinajstić information content (AvgIpc) is 3.21. The number of rotatable bonds is 8. The van der Waals surface area contributed by atoms with Crippen LogP contribution in [-0.4, -0.2) is 45.8 Å². The summed E-state index contributed by atoms with van der Waals surface area (Å²) < 4.78 is 6.17. The molecule has 0 spiro atoms. The van der Waals surface area contributed by atoms with Crippen molar-refractivity contribution in [3.63, 3.8) is 0 Å². The van der Waals surface area contributed by atoms with Crippen LogP contribution in [0, 0.1) is 35.0 Å². The number of fused-ring (bicyclic) bond motifs is 1. The second-order valence-corrected chi connectivity index (χ2v) is 11.8. The molecule has 0 aliphatic heterocycles. The molecule has 7 atom stereocenters. The number of hydrogen-bond donors (Lipinski definition) is 3. The highest BCUT2D eigenvalue weighted by molar-refractivity contribution is 5.38. The fraction of sp³-hybridized carbons (Fsp3) is 0.750. The molecule has 0 saturated heterocycles. The van der Waals surface area contributed by atoms with Crippen molar-refractivity contribution in [3.8, 4) is 11.8 Å². The molecule has 3 saturated carbocycles. The fourth-order valence-electron chi connectivity index (χ4n) is 7.14. The highest BCUT2D eigenvalue weighted by Gasteiger charge is 2.51. The molecule has 36 heavy (non-hydrogen) atoms. The van der Waals surface area contributed by atoms with Gasteiger partial charge in [-0.05, 0) is 92.6 Å². The van der Waals surface area contributed by atoms with E-state index >= 15 is 0 Å². The lowest BCUT2D eigenvalue weighted by Gasteiger charge is -2.45. The summed E-state index contributed by atoms with van der Waals surface area (Å²) in [6.45, 7) is 15.6. The largest absolute Gasteiger partial charge is 0.393 e. The van der Waals surface area contributed by atoms with E-state index in [4.69, 9.17) is 4.74 Å². The molecule has 0 heterocycles. The molecule has 0 amide bonds. The van der Waals surface area contributed by atoms with Crippen molar-refractivity contribution in [1.82, 2.24) is 0 Å². The van der Waals surface area contributed by atoms with Crippen LogP contribution in [-0.2, 0) is 4.74 Å². The highest BCUT2D eigenvalue weighted by Crippen LogP contribution is 2.60. The smallest absolute Gasteiger partial charge is 0.121 e. The van der Waals surface area contributed by atoms with E-state index in [1.807, 2.05) is 20.8 Å². The van der Waals surface area contributed by atoms with Crippen molar-refractivity contribution in [3.05, 3.63) is 35.5 Å². The van der Waals surface area contributed by atoms with Gasteiger partial charge in [0.15, 0.2) is 0 Å². The molecule has 0 aromatic rings. The summed E-state index contributed by atoms with van der Waals surface area (Å²) in [5.74, 6) is 8.10. The number of aliphatic hydroxyl groups is 3. The van der Waals surface area contributed by atoms with Crippen LogP contribution in [0.25, 0.3) is 0 Å². The molecule has 3 N–H and O–H groups in total. The van der Waals surface area contributed by atoms with Gasteiger partial charge in [-0.25, -0.2) is 0 Å². The zero-order valence-electron chi connectivity index (χ0n) is 23.4. The molecule has 3 aliphatic rings. The Bertz CT molecular complexity index is 886. The molecule has 0 aromatic carbocycles. The SMILES string of the molecule is C=C1/C(=C\C=C2/CCCC3(C)C2CCC3[C@@H](C)[C@@H](C#CCC(O)(CC)CC)OCC)C[C@@H](O)C[C@@H]1O. The molecule has 0 aromatic heterocycles. The Morgan fingerprint density at radius 3 is 2.58 bits per heavy atom. The molecule has 3 unspecified atom stereocenters. The first-order valence-electron chi connectivity index (χ1n) is 14.4. The fourth-order valence-corrected chi connectivity index (χ4v) is 7.14. The normalized spacial score (nSPS) is 34.8. The lowest BCUT2D eigenvalue weighted by molar-refractivity contribution is 0.00484. The van der Waals surface area contributed by atoms with Crippen molar-refractivity contribution in [1.29, 1.82) is 0 Å². The summed E-state index contributed by atoms with van der Waals surface area (Å²) >= 11 is 0. The van der Waals surface area contributed by atoms with E-state index < -0.39 is 17.8 Å². The van der Waals surface area contributed by atoms with Gasteiger partial charge in [-0.1, -0.05) is 63.8 Å². The Hall–Kier alpha value is -1.38. The Morgan fingerprint density at radius 2 is 1.92 bits per heavy atom. The number of allylic oxidation sites excluding steroid dienone is 3. The summed E-state index contributed by atoms with van der Waals surface area (Å²) in [6.07, 6.45) is 11.9. The zero-order chi connectivity index (χ0) is 26.5. The van der Waals surface area contributed by atoms with Crippen LogP contribution in [0.3, 0.4) is 0 Å². The van der Waals surface area contributed by atoms with Crippen LogP contribution in [0.2, 0.25) is 0 Å². The van der Waals surface area contributed by atoms with Gasteiger partial charge in [-0.3, -0.25) is 0 Å². The van der Waals surface area contributed by atoms with Gasteiger partial charge < -0.3 is 20.1 Å². The molecule has 3 rings (SSSR count). The summed E-state index contributed by atoms with van der Waals surface area (Å²) in [6, 6.07) is 0. The lowest BCUT2D eigenvalue weighted by atomic mass is 9.60. The maximum Gasteiger partial charge on any atom is 0.121 e. The maximum absolute atomic E-state index is 10.6. The summed E-state index contributed by atoms with van der Waals surface area (Å²) in [4.78, 5) is 0. The minimum atomic E-state index is -0.704. The molecule has 202 valence electrons. The predicted molar refractivity (Wildman–Crippen MR) is 147 cm³/mol. The standard InChI is InChI=1S/C32H50O4/c1-7-32(35,8-2)19-11-13-30(36-9-3)23(5)27-16-17-28-24(12-10-18-31(27,28)6)14-15-25-20-26(33)21-29(34)22(25)4/h14-15,23,26-30,33-35H,4,7-10,12,16-21H2,1-3,5-6H3/b24-14+,25-15-/t23-,26-,27?,28?,29+,30-,31?/m1/s1. The van der Waals surface area contributed by atoms with E-state index in [1.54, 1.807) is 0 Å². The van der Waals surface area contributed by atoms with E-state index in [0.29, 0.717) is 56.5 Å². The van der Waals surface area contributed by atoms with E-state index in [1.165, 1.54) is 31.3 Å². The van der Waals surface area contributed by atoms with Crippen LogP contribution < -0.4 is 0 Å². The first-order valence-corrected chi connectivity index (χ1v) is 14.4. The first kappa shape index (κ1) is 29.2. The topological polar surface area (TPSA) is 69.9 Å². The third-order valence-electron chi connectivity index (χ3n) is 9.74. The van der Waals surface area contributed by atoms with Crippen LogP contribution >= 0.6 is 0 Å². The Morgan fingerprint density at radius 1 is 1.19 bits per heavy atom. The van der Waals surface area contributed by atoms with Gasteiger partial charge in [0.25, 0.3) is 0 Å². The van der Waals surface area contributed by atoms with Gasteiger partial charge >= 0.3 is 0 Å². The zero-order valence-corrected chi connectivity index (χ0v) is 23.4. The van der Waals surface area contributed by atoms with Crippen molar-refractivity contribution in [2.75, 3.05) is 6.61 Å². The molecule has 4 nitrogen and oxygen atoms in total. The molecular weight excluding hydrogens is 448 g/mol. The van der Waals surface area contributed by atoms with Crippen LogP contribution in [0.15, 0.2) is 35.5 Å². The Balaban J connectivity index is 1.78. The molecule has 4 heteroatoms. The summed E-state index contributed by atoms with van der Waals surface area (Å²) in [5, 5.41) is 31.0. The van der Waals surface area contributed by atoms with E-state index in [2.05, 4.69) is 44.4 Å². The van der Waals surface area contributed by atoms with Crippen molar-refractivity contribution in [2.45, 2.75) is 123 Å². The maximum atomic E-state index is 10.6. The first-order chi connectivity index (χ1) is 17.1. The van der Waals surface area contributed by atoms with Gasteiger partial charge in [0.2, 0.25) is 0 Å². The Labute approximate surface area is 219 Å². The quantitative estimate of drug-likeness (QED) is 0.353. The summed E-state index contributed by atoms with van der Waals surface area (Å²) in [5.41, 5.74) is 2.75. The minimum Gasteiger partial charge on any atom is -0.393 e. The van der Waals surface area contributed by atoms with Crippen LogP contribution in [0.1, 0.15) is 98.8 Å². The van der Waals surface area contributed by atoms with Gasteiger partial charge in [-0.15, -0.1) is 0 Å². The predicted octanol–water partition coefficient (Wildman–Crippen LogP) is 6.11. The van der Waals surface area contributed by atoms with Crippen LogP contribution in [0.4, 0.5) is 0 Å². The van der Waals surface area contributed by atoms with E-state index in [9.17, 15) is 15.3 Å². The molecule has 0 bridgehead atoms. The second kappa shape index (κ2) is 12.4. The molecular formula is C32H50O4. The monoisotopic (exact) mass is 498 g/mol. The van der Waals surface area contributed by atoms with E-state index in [0.717, 1.165) is 17.6 Å². The van der Waals surface area contributed by atoms with Crippen molar-refractivity contribution >= 4 is 0 Å². The van der Waals surface area contributed by atoms with Gasteiger partial charge in [-0.2, -0.15) is 0 Å². The van der Waals surface area contributed by atoms with Crippen molar-refractivity contribution in [2.24, 2.45) is 23.2 Å². The molecule has 3 aliphatic carbocycles. The second-order valence-electron chi connectivity index (χ2n) is 11.8. The number of hydrogen-bond acceptors (Lipinski definition) is 4. The van der Waals surface area contributed by atoms with Gasteiger partial charge in [0.1, 0.15) is 6.10 Å². The molecule has 0 radical (unpaired) electrons. The summed E-state index contributed by atoms with van der Waals surface area (Å²) in [7, 11) is 0. The lowest BCUT2D eigenvalue weighted by Crippen LogP contribution is -2.39. The molecule has 3 fully saturated rings. The minimum absolute atomic E-state index is 0.112. The Kier molecular flexibility index (Phi) is 10.1. The third-order valence-corrected chi connectivity index (χ3v) is 9.74. The third kappa shape index (κ3) is 6.36. The van der Waals surface area contributed by atoms with Crippen molar-refractivity contribution < 1.29 is 20.1 Å². The highest BCUT2D eigenvalue weighted by atomic mass is 16.5. The average molecular weight is 499 g/mol. The van der Waals surface area contributed by atoms with Gasteiger partial charge in [0, 0.05) is 19.4 Å².